The number of pyridine rings is 11. The highest BCUT2D eigenvalue weighted by Gasteiger charge is 2.04. The lowest BCUT2D eigenvalue weighted by Gasteiger charge is -2.00. The molecule has 112 heavy (non-hydrogen) atoms. The van der Waals surface area contributed by atoms with Crippen molar-refractivity contribution in [3.05, 3.63) is 398 Å². The zero-order chi connectivity index (χ0) is 75.8. The van der Waals surface area contributed by atoms with E-state index in [-0.39, 0.29) is 0 Å². The first kappa shape index (κ1) is 72.9. The summed E-state index contributed by atoms with van der Waals surface area (Å²) in [7, 11) is 0. The molecular weight excluding hydrogens is 1390 g/mol. The van der Waals surface area contributed by atoms with Crippen molar-refractivity contribution in [1.29, 1.82) is 0 Å². The Morgan fingerprint density at radius 2 is 0.536 bits per heavy atom. The van der Waals surface area contributed by atoms with Crippen molar-refractivity contribution < 1.29 is 0 Å². The van der Waals surface area contributed by atoms with Crippen molar-refractivity contribution in [3.63, 3.8) is 0 Å². The van der Waals surface area contributed by atoms with Gasteiger partial charge in [0.05, 0.1) is 57.9 Å². The van der Waals surface area contributed by atoms with Gasteiger partial charge < -0.3 is 0 Å². The third-order valence-electron chi connectivity index (χ3n) is 17.0. The van der Waals surface area contributed by atoms with Crippen LogP contribution >= 0.6 is 0 Å². The summed E-state index contributed by atoms with van der Waals surface area (Å²) < 4.78 is 0. The van der Waals surface area contributed by atoms with Crippen molar-refractivity contribution in [2.75, 3.05) is 0 Å². The van der Waals surface area contributed by atoms with Crippen LogP contribution in [-0.2, 0) is 0 Å². The van der Waals surface area contributed by atoms with Crippen LogP contribution in [0.15, 0.2) is 398 Å². The Balaban J connectivity index is 0.000000104. The van der Waals surface area contributed by atoms with Gasteiger partial charge in [0.1, 0.15) is 30.8 Å². The third kappa shape index (κ3) is 19.7. The second-order valence-electron chi connectivity index (χ2n) is 24.2. The SMILES string of the molecule is c1cc2ccncc2cn1.c1cc2cnccc2cn1.c1ccc2c(c1)ccc1cncnc12.c1ccc2c(c1)ccc1ncncc12.c1ccc2c(c1)cnc1cncnc12.c1ccc2cnncc2c1.c1ccc2ncncc2c1.c1cnc2ccncc2c1.c1cnc2cnccc2c1.c1cnc2ncccc2c1. The maximum absolute atomic E-state index is 4.30. The summed E-state index contributed by atoms with van der Waals surface area (Å²) in [5.41, 5.74) is 7.53. The van der Waals surface area contributed by atoms with Crippen LogP contribution in [0, 0.1) is 0 Å². The second kappa shape index (κ2) is 38.3. The van der Waals surface area contributed by atoms with Gasteiger partial charge in [0.15, 0.2) is 5.65 Å². The predicted octanol–water partition coefficient (Wildman–Crippen LogP) is 19.2. The maximum atomic E-state index is 4.30. The molecule has 0 saturated carbocycles. The molecule has 0 aliphatic rings. The van der Waals surface area contributed by atoms with E-state index in [1.807, 2.05) is 244 Å². The van der Waals surface area contributed by atoms with Gasteiger partial charge in [-0.15, -0.1) is 0 Å². The Hall–Kier alpha value is -16.0. The van der Waals surface area contributed by atoms with E-state index < -0.39 is 0 Å². The molecule has 21 heteroatoms. The fourth-order valence-electron chi connectivity index (χ4n) is 11.5. The molecule has 0 bridgehead atoms. The second-order valence-corrected chi connectivity index (χ2v) is 24.2. The average molecular weight is 1450 g/mol. The van der Waals surface area contributed by atoms with E-state index in [9.17, 15) is 0 Å². The largest absolute Gasteiger partial charge is 0.264 e. The molecule has 534 valence electrons. The average Bonchev–Trinajstić information content (AvgIpc) is 0.803. The van der Waals surface area contributed by atoms with Crippen molar-refractivity contribution >= 4 is 141 Å². The molecule has 0 saturated heterocycles. The Morgan fingerprint density at radius 1 is 0.143 bits per heavy atom. The fourth-order valence-corrected chi connectivity index (χ4v) is 11.5. The van der Waals surface area contributed by atoms with Gasteiger partial charge in [0, 0.05) is 193 Å². The lowest BCUT2D eigenvalue weighted by molar-refractivity contribution is 1.05. The van der Waals surface area contributed by atoms with Crippen LogP contribution in [-0.4, -0.2) is 105 Å². The highest BCUT2D eigenvalue weighted by molar-refractivity contribution is 6.06. The summed E-state index contributed by atoms with van der Waals surface area (Å²) in [5, 5.41) is 28.0. The number of hydrogen-bond acceptors (Lipinski definition) is 21. The Labute approximate surface area is 640 Å². The highest BCUT2D eigenvalue weighted by Crippen LogP contribution is 2.25. The smallest absolute Gasteiger partial charge is 0.159 e. The van der Waals surface area contributed by atoms with Crippen LogP contribution in [0.2, 0.25) is 0 Å². The van der Waals surface area contributed by atoms with E-state index in [2.05, 4.69) is 147 Å². The van der Waals surface area contributed by atoms with E-state index in [1.54, 1.807) is 112 Å². The Bertz CT molecular complexity index is 5360. The first-order valence-electron chi connectivity index (χ1n) is 35.2. The van der Waals surface area contributed by atoms with E-state index in [1.165, 1.54) is 26.9 Å². The number of benzene rings is 7. The molecule has 0 fully saturated rings. The molecule has 21 nitrogen and oxygen atoms in total. The van der Waals surface area contributed by atoms with Crippen LogP contribution in [0.3, 0.4) is 0 Å². The number of aromatic nitrogens is 21. The molecule has 16 aromatic heterocycles. The summed E-state index contributed by atoms with van der Waals surface area (Å²) in [6.45, 7) is 0. The molecule has 0 N–H and O–H groups in total. The standard InChI is InChI=1S/2C12H8N2.C11H7N3.7C8H6N2/c1-2-4-11-9(3-1)5-6-10-7-13-8-14-12(10)11;1-2-4-10-9(3-1)5-6-12-11(10)7-13-8-14-12;1-2-4-9-8(3-1)5-13-10-6-12-7-14-11(9)10;1-3-9-6-8-2-4-10-5-7(1)8;1-3-9-5-8-6-10-4-2-7(1)8;1-3-7-4-2-6-10-8(7)9-5-1;1-2-7-6-9-5-3-8(7)10-4-1;1-2-7-3-5-9-6-8(7)10-4-1;1-2-4-8-7(3-1)5-9-6-10-8;1-2-4-8-6-10-9-5-7(8)3-1/h2*1-8H;1-7H;7*1-6H. The predicted molar refractivity (Wildman–Crippen MR) is 446 cm³/mol. The van der Waals surface area contributed by atoms with Gasteiger partial charge in [0.2, 0.25) is 0 Å². The van der Waals surface area contributed by atoms with Gasteiger partial charge in [-0.25, -0.2) is 49.8 Å². The monoisotopic (exact) mass is 1450 g/mol. The molecule has 0 atom stereocenters. The first-order chi connectivity index (χ1) is 55.6. The highest BCUT2D eigenvalue weighted by atomic mass is 15.1. The minimum absolute atomic E-state index is 0.810. The Kier molecular flexibility index (Phi) is 24.9. The quantitative estimate of drug-likeness (QED) is 0.128. The van der Waals surface area contributed by atoms with Gasteiger partial charge in [-0.1, -0.05) is 140 Å². The van der Waals surface area contributed by atoms with Crippen LogP contribution in [0.5, 0.6) is 0 Å². The van der Waals surface area contributed by atoms with Gasteiger partial charge in [-0.3, -0.25) is 44.9 Å². The van der Waals surface area contributed by atoms with Gasteiger partial charge >= 0.3 is 0 Å². The molecule has 0 amide bonds. The minimum atomic E-state index is 0.810. The summed E-state index contributed by atoms with van der Waals surface area (Å²) in [6.07, 6.45) is 47.4. The van der Waals surface area contributed by atoms with E-state index in [4.69, 9.17) is 0 Å². The van der Waals surface area contributed by atoms with E-state index in [0.29, 0.717) is 0 Å². The molecule has 7 aromatic carbocycles. The zero-order valence-corrected chi connectivity index (χ0v) is 59.9. The first-order valence-corrected chi connectivity index (χ1v) is 35.2. The maximum Gasteiger partial charge on any atom is 0.159 e. The molecule has 0 radical (unpaired) electrons. The van der Waals surface area contributed by atoms with Crippen molar-refractivity contribution in [2.24, 2.45) is 0 Å². The topological polar surface area (TPSA) is 271 Å². The van der Waals surface area contributed by atoms with E-state index in [0.717, 1.165) is 114 Å². The number of para-hydroxylation sites is 1. The molecular formula is C91H65N21. The van der Waals surface area contributed by atoms with Crippen LogP contribution < -0.4 is 0 Å². The van der Waals surface area contributed by atoms with Gasteiger partial charge in [0.25, 0.3) is 0 Å². The van der Waals surface area contributed by atoms with E-state index >= 15 is 0 Å². The molecule has 0 spiro atoms. The number of fused-ring (bicyclic) bond motifs is 16. The van der Waals surface area contributed by atoms with Gasteiger partial charge in [-0.2, -0.15) is 10.2 Å². The molecule has 0 aliphatic heterocycles. The molecule has 0 unspecified atom stereocenters. The fraction of sp³-hybridized carbons (Fsp3) is 0. The summed E-state index contributed by atoms with van der Waals surface area (Å²) in [5.74, 6) is 0. The third-order valence-corrected chi connectivity index (χ3v) is 17.0. The Morgan fingerprint density at radius 3 is 1.17 bits per heavy atom. The zero-order valence-electron chi connectivity index (χ0n) is 59.9. The normalized spacial score (nSPS) is 10.3. The number of hydrogen-bond donors (Lipinski definition) is 0. The molecule has 23 aromatic rings. The van der Waals surface area contributed by atoms with Gasteiger partial charge in [-0.05, 0) is 113 Å². The number of rotatable bonds is 0. The molecule has 23 rings (SSSR count). The van der Waals surface area contributed by atoms with Crippen molar-refractivity contribution in [1.82, 2.24) is 105 Å². The molecule has 16 heterocycles. The molecule has 0 aliphatic carbocycles. The van der Waals surface area contributed by atoms with Crippen LogP contribution in [0.4, 0.5) is 0 Å². The van der Waals surface area contributed by atoms with Crippen LogP contribution in [0.1, 0.15) is 0 Å². The van der Waals surface area contributed by atoms with Crippen LogP contribution in [0.25, 0.3) is 141 Å². The number of nitrogens with zero attached hydrogens (tertiary/aromatic N) is 21. The summed E-state index contributed by atoms with van der Waals surface area (Å²) >= 11 is 0. The lowest BCUT2D eigenvalue weighted by atomic mass is 10.1. The summed E-state index contributed by atoms with van der Waals surface area (Å²) in [6, 6.07) is 76.1. The van der Waals surface area contributed by atoms with Crippen molar-refractivity contribution in [2.45, 2.75) is 0 Å². The lowest BCUT2D eigenvalue weighted by Crippen LogP contribution is -1.85. The van der Waals surface area contributed by atoms with Crippen molar-refractivity contribution in [3.8, 4) is 0 Å². The minimum Gasteiger partial charge on any atom is -0.264 e. The summed E-state index contributed by atoms with van der Waals surface area (Å²) in [4.78, 5) is 77.3.